The average Bonchev–Trinajstić information content (AvgIpc) is 2.54. The summed E-state index contributed by atoms with van der Waals surface area (Å²) < 4.78 is 4.90. The number of alkyl halides is 1. The van der Waals surface area contributed by atoms with Crippen molar-refractivity contribution in [3.63, 3.8) is 0 Å². The van der Waals surface area contributed by atoms with Crippen LogP contribution in [0.25, 0.3) is 11.1 Å². The molecule has 2 aromatic rings. The topological polar surface area (TPSA) is 46.0 Å². The molecule has 0 aliphatic rings. The van der Waals surface area contributed by atoms with Crippen LogP contribution in [0.1, 0.15) is 5.56 Å². The lowest BCUT2D eigenvalue weighted by Crippen LogP contribution is -1.92. The zero-order valence-electron chi connectivity index (χ0n) is 7.13. The summed E-state index contributed by atoms with van der Waals surface area (Å²) in [5.41, 5.74) is 2.07. The molecule has 0 bridgehead atoms. The van der Waals surface area contributed by atoms with Crippen molar-refractivity contribution >= 4 is 27.0 Å². The Morgan fingerprint density at radius 3 is 3.14 bits per heavy atom. The second kappa shape index (κ2) is 3.72. The summed E-state index contributed by atoms with van der Waals surface area (Å²) in [4.78, 5) is 13.4. The number of halogens is 1. The third-order valence-electron chi connectivity index (χ3n) is 1.72. The Hall–Kier alpha value is -1.47. The van der Waals surface area contributed by atoms with Gasteiger partial charge in [0.2, 0.25) is 0 Å². The van der Waals surface area contributed by atoms with E-state index in [4.69, 9.17) is 4.42 Å². The molecular formula is C10H6BrNO2. The molecule has 3 nitrogen and oxygen atoms in total. The van der Waals surface area contributed by atoms with Crippen LogP contribution < -0.4 is 5.76 Å². The van der Waals surface area contributed by atoms with Gasteiger partial charge in [0.05, 0.1) is 10.8 Å². The van der Waals surface area contributed by atoms with Crippen LogP contribution in [-0.4, -0.2) is 10.3 Å². The molecule has 4 heteroatoms. The Morgan fingerprint density at radius 2 is 2.36 bits per heavy atom. The normalized spacial score (nSPS) is 9.79. The summed E-state index contributed by atoms with van der Waals surface area (Å²) in [6.07, 6.45) is 0. The van der Waals surface area contributed by atoms with Crippen molar-refractivity contribution in [1.82, 2.24) is 4.98 Å². The molecule has 0 amide bonds. The molecule has 0 fully saturated rings. The number of fused-ring (bicyclic) bond motifs is 1. The van der Waals surface area contributed by atoms with Crippen LogP contribution >= 0.6 is 15.9 Å². The fourth-order valence-electron chi connectivity index (χ4n) is 1.16. The molecule has 14 heavy (non-hydrogen) atoms. The van der Waals surface area contributed by atoms with Crippen molar-refractivity contribution in [2.45, 2.75) is 0 Å². The van der Waals surface area contributed by atoms with Gasteiger partial charge in [0, 0.05) is 5.56 Å². The number of rotatable bonds is 0. The third kappa shape index (κ3) is 1.73. The van der Waals surface area contributed by atoms with Crippen molar-refractivity contribution in [2.75, 3.05) is 5.33 Å². The van der Waals surface area contributed by atoms with E-state index in [1.54, 1.807) is 12.1 Å². The van der Waals surface area contributed by atoms with Crippen molar-refractivity contribution in [3.05, 3.63) is 34.3 Å². The number of oxazole rings is 1. The maximum atomic E-state index is 10.8. The van der Waals surface area contributed by atoms with Gasteiger partial charge >= 0.3 is 5.76 Å². The smallest absolute Gasteiger partial charge is 0.408 e. The highest BCUT2D eigenvalue weighted by atomic mass is 79.9. The molecule has 0 saturated carbocycles. The molecular weight excluding hydrogens is 246 g/mol. The Morgan fingerprint density at radius 1 is 1.50 bits per heavy atom. The second-order valence-electron chi connectivity index (χ2n) is 2.66. The fourth-order valence-corrected chi connectivity index (χ4v) is 1.30. The standard InChI is InChI=1S/C10H6BrNO2/c11-5-1-2-7-3-4-8-9(6-7)14-10(13)12-8/h3-4,6H,5H2,(H,12,13). The van der Waals surface area contributed by atoms with Crippen LogP contribution in [0.15, 0.2) is 27.4 Å². The van der Waals surface area contributed by atoms with E-state index in [0.29, 0.717) is 16.4 Å². The van der Waals surface area contributed by atoms with Crippen molar-refractivity contribution in [3.8, 4) is 11.8 Å². The van der Waals surface area contributed by atoms with Gasteiger partial charge in [-0.05, 0) is 18.2 Å². The number of aromatic nitrogens is 1. The molecule has 0 radical (unpaired) electrons. The molecule has 1 aromatic heterocycles. The second-order valence-corrected chi connectivity index (χ2v) is 3.22. The fraction of sp³-hybridized carbons (Fsp3) is 0.100. The lowest BCUT2D eigenvalue weighted by molar-refractivity contribution is 0.555. The number of benzene rings is 1. The van der Waals surface area contributed by atoms with Gasteiger partial charge in [0.1, 0.15) is 0 Å². The van der Waals surface area contributed by atoms with Gasteiger partial charge in [0.15, 0.2) is 5.58 Å². The Labute approximate surface area is 88.3 Å². The highest BCUT2D eigenvalue weighted by Gasteiger charge is 1.99. The Bertz CT molecular complexity index is 571. The van der Waals surface area contributed by atoms with E-state index in [9.17, 15) is 4.79 Å². The first kappa shape index (κ1) is 9.10. The van der Waals surface area contributed by atoms with Crippen LogP contribution in [0.4, 0.5) is 0 Å². The van der Waals surface area contributed by atoms with Gasteiger partial charge < -0.3 is 4.42 Å². The van der Waals surface area contributed by atoms with Gasteiger partial charge in [0.25, 0.3) is 0 Å². The lowest BCUT2D eigenvalue weighted by atomic mass is 10.2. The number of H-pyrrole nitrogens is 1. The molecule has 1 aromatic carbocycles. The molecule has 0 spiro atoms. The van der Waals surface area contributed by atoms with Crippen molar-refractivity contribution in [1.29, 1.82) is 0 Å². The molecule has 0 aliphatic heterocycles. The summed E-state index contributed by atoms with van der Waals surface area (Å²) in [6.45, 7) is 0. The van der Waals surface area contributed by atoms with Gasteiger partial charge in [-0.2, -0.15) is 0 Å². The summed E-state index contributed by atoms with van der Waals surface area (Å²) in [5, 5.41) is 0.627. The maximum Gasteiger partial charge on any atom is 0.417 e. The number of aromatic amines is 1. The predicted octanol–water partition coefficient (Wildman–Crippen LogP) is 1.87. The van der Waals surface area contributed by atoms with Crippen LogP contribution in [0, 0.1) is 11.8 Å². The monoisotopic (exact) mass is 251 g/mol. The van der Waals surface area contributed by atoms with Gasteiger partial charge in [-0.25, -0.2) is 4.79 Å². The maximum absolute atomic E-state index is 10.8. The van der Waals surface area contributed by atoms with Crippen molar-refractivity contribution in [2.24, 2.45) is 0 Å². The summed E-state index contributed by atoms with van der Waals surface area (Å²) >= 11 is 3.21. The first-order chi connectivity index (χ1) is 6.79. The molecule has 0 unspecified atom stereocenters. The van der Waals surface area contributed by atoms with E-state index in [0.717, 1.165) is 5.56 Å². The molecule has 2 rings (SSSR count). The highest BCUT2D eigenvalue weighted by molar-refractivity contribution is 9.09. The van der Waals surface area contributed by atoms with E-state index in [1.807, 2.05) is 6.07 Å². The SMILES string of the molecule is O=c1[nH]c2ccc(C#CCBr)cc2o1. The van der Waals surface area contributed by atoms with E-state index in [1.165, 1.54) is 0 Å². The molecule has 0 saturated heterocycles. The quantitative estimate of drug-likeness (QED) is 0.574. The predicted molar refractivity (Wildman–Crippen MR) is 57.5 cm³/mol. The molecule has 0 aliphatic carbocycles. The van der Waals surface area contributed by atoms with Crippen LogP contribution in [0.5, 0.6) is 0 Å². The minimum absolute atomic E-state index is 0.439. The highest BCUT2D eigenvalue weighted by Crippen LogP contribution is 2.11. The first-order valence-electron chi connectivity index (χ1n) is 3.97. The largest absolute Gasteiger partial charge is 0.417 e. The summed E-state index contributed by atoms with van der Waals surface area (Å²) in [6, 6.07) is 5.35. The van der Waals surface area contributed by atoms with Gasteiger partial charge in [-0.3, -0.25) is 4.98 Å². The van der Waals surface area contributed by atoms with E-state index >= 15 is 0 Å². The zero-order valence-corrected chi connectivity index (χ0v) is 8.72. The average molecular weight is 252 g/mol. The molecule has 1 heterocycles. The van der Waals surface area contributed by atoms with Crippen molar-refractivity contribution < 1.29 is 4.42 Å². The summed E-state index contributed by atoms with van der Waals surface area (Å²) in [5.74, 6) is 5.36. The number of nitrogens with one attached hydrogen (secondary N) is 1. The van der Waals surface area contributed by atoms with Crippen LogP contribution in [-0.2, 0) is 0 Å². The number of hydrogen-bond acceptors (Lipinski definition) is 2. The van der Waals surface area contributed by atoms with Gasteiger partial charge in [-0.1, -0.05) is 27.8 Å². The Balaban J connectivity index is 2.55. The lowest BCUT2D eigenvalue weighted by Gasteiger charge is -1.88. The zero-order chi connectivity index (χ0) is 9.97. The Kier molecular flexibility index (Phi) is 2.42. The molecule has 70 valence electrons. The van der Waals surface area contributed by atoms with Crippen LogP contribution in [0.3, 0.4) is 0 Å². The third-order valence-corrected chi connectivity index (χ3v) is 2.00. The van der Waals surface area contributed by atoms with E-state index < -0.39 is 5.76 Å². The summed E-state index contributed by atoms with van der Waals surface area (Å²) in [7, 11) is 0. The number of hydrogen-bond donors (Lipinski definition) is 1. The molecule has 1 N–H and O–H groups in total. The van der Waals surface area contributed by atoms with E-state index in [2.05, 4.69) is 32.8 Å². The minimum Gasteiger partial charge on any atom is -0.408 e. The molecule has 0 atom stereocenters. The van der Waals surface area contributed by atoms with E-state index in [-0.39, 0.29) is 0 Å². The first-order valence-corrected chi connectivity index (χ1v) is 5.09. The van der Waals surface area contributed by atoms with Crippen LogP contribution in [0.2, 0.25) is 0 Å². The van der Waals surface area contributed by atoms with Gasteiger partial charge in [-0.15, -0.1) is 0 Å². The minimum atomic E-state index is -0.439.